The second kappa shape index (κ2) is 12.2. The first-order valence-corrected chi connectivity index (χ1v) is 13.2. The van der Waals surface area contributed by atoms with Crippen LogP contribution in [0.5, 0.6) is 0 Å². The molecule has 178 valence electrons. The molecule has 0 fully saturated rings. The van der Waals surface area contributed by atoms with Gasteiger partial charge >= 0.3 is 0 Å². The fourth-order valence-electron chi connectivity index (χ4n) is 4.30. The lowest BCUT2D eigenvalue weighted by Crippen LogP contribution is -1.89. The summed E-state index contributed by atoms with van der Waals surface area (Å²) in [5.74, 6) is 0. The van der Waals surface area contributed by atoms with Gasteiger partial charge in [-0.15, -0.1) is 0 Å². The second-order valence-corrected chi connectivity index (χ2v) is 9.68. The molecule has 0 nitrogen and oxygen atoms in total. The van der Waals surface area contributed by atoms with Crippen LogP contribution in [0.1, 0.15) is 33.4 Å². The maximum atomic E-state index is 3.53. The van der Waals surface area contributed by atoms with Crippen LogP contribution < -0.4 is 0 Å². The summed E-state index contributed by atoms with van der Waals surface area (Å²) in [5.41, 5.74) is 9.55. The predicted molar refractivity (Wildman–Crippen MR) is 163 cm³/mol. The number of benzene rings is 5. The Morgan fingerprint density at radius 1 is 0.432 bits per heavy atom. The molecule has 0 aliphatic rings. The van der Waals surface area contributed by atoms with Crippen molar-refractivity contribution in [2.24, 2.45) is 0 Å². The van der Waals surface area contributed by atoms with Gasteiger partial charge < -0.3 is 0 Å². The minimum absolute atomic E-state index is 1.08. The summed E-state index contributed by atoms with van der Waals surface area (Å²) in [6.07, 6.45) is 8.75. The lowest BCUT2D eigenvalue weighted by Gasteiger charge is -2.10. The third kappa shape index (κ3) is 6.52. The maximum Gasteiger partial charge on any atom is 0.0175 e. The van der Waals surface area contributed by atoms with Crippen LogP contribution in [0, 0.1) is 0 Å². The van der Waals surface area contributed by atoms with Gasteiger partial charge in [-0.25, -0.2) is 0 Å². The molecule has 37 heavy (non-hydrogen) atoms. The molecule has 1 heteroatoms. The molecule has 0 N–H and O–H groups in total. The van der Waals surface area contributed by atoms with Crippen molar-refractivity contribution in [3.8, 4) is 0 Å². The molecule has 0 unspecified atom stereocenters. The molecular weight excluding hydrogens is 512 g/mol. The molecule has 0 atom stereocenters. The fraction of sp³-hybridized carbons (Fsp3) is 0. The molecule has 0 aliphatic heterocycles. The Bertz CT molecular complexity index is 1470. The second-order valence-electron chi connectivity index (χ2n) is 8.77. The van der Waals surface area contributed by atoms with Crippen LogP contribution in [0.3, 0.4) is 0 Å². The largest absolute Gasteiger partial charge is 0.0622 e. The molecule has 0 spiro atoms. The van der Waals surface area contributed by atoms with Gasteiger partial charge in [0.1, 0.15) is 0 Å². The molecule has 0 aromatic heterocycles. The summed E-state index contributed by atoms with van der Waals surface area (Å²) in [6, 6.07) is 48.8. The van der Waals surface area contributed by atoms with Crippen LogP contribution in [-0.2, 0) is 0 Å². The van der Waals surface area contributed by atoms with E-state index in [-0.39, 0.29) is 0 Å². The summed E-state index contributed by atoms with van der Waals surface area (Å²) >= 11 is 3.53. The van der Waals surface area contributed by atoms with Gasteiger partial charge in [0.15, 0.2) is 0 Å². The summed E-state index contributed by atoms with van der Waals surface area (Å²) in [4.78, 5) is 0. The minimum Gasteiger partial charge on any atom is -0.0622 e. The van der Waals surface area contributed by atoms with Gasteiger partial charge in [0.2, 0.25) is 0 Å². The molecule has 5 rings (SSSR count). The molecular formula is C36H27Br. The van der Waals surface area contributed by atoms with E-state index in [1.165, 1.54) is 39.0 Å². The fourth-order valence-corrected chi connectivity index (χ4v) is 4.56. The third-order valence-corrected chi connectivity index (χ3v) is 6.74. The molecule has 0 radical (unpaired) electrons. The monoisotopic (exact) mass is 538 g/mol. The standard InChI is InChI=1S/C36H27Br/c37-34-25-21-29(22-26-34)27-36(32-16-8-3-9-17-32)33-23-19-28(20-24-33)11-10-18-35(30-12-4-1-5-13-30)31-14-6-2-7-15-31/h1-27H. The first kappa shape index (κ1) is 24.5. The van der Waals surface area contributed by atoms with E-state index >= 15 is 0 Å². The third-order valence-electron chi connectivity index (χ3n) is 6.21. The highest BCUT2D eigenvalue weighted by Crippen LogP contribution is 2.28. The van der Waals surface area contributed by atoms with E-state index in [0.717, 1.165) is 10.0 Å². The lowest BCUT2D eigenvalue weighted by molar-refractivity contribution is 1.53. The van der Waals surface area contributed by atoms with Crippen molar-refractivity contribution in [3.05, 3.63) is 190 Å². The number of hydrogen-bond donors (Lipinski definition) is 0. The van der Waals surface area contributed by atoms with E-state index in [2.05, 4.69) is 180 Å². The van der Waals surface area contributed by atoms with E-state index in [9.17, 15) is 0 Å². The van der Waals surface area contributed by atoms with Crippen LogP contribution in [0.15, 0.2) is 156 Å². The molecule has 0 amide bonds. The highest BCUT2D eigenvalue weighted by Gasteiger charge is 2.06. The summed E-state index contributed by atoms with van der Waals surface area (Å²) in [5, 5.41) is 0. The summed E-state index contributed by atoms with van der Waals surface area (Å²) in [7, 11) is 0. The molecule has 5 aromatic rings. The molecule has 0 bridgehead atoms. The zero-order valence-corrected chi connectivity index (χ0v) is 22.1. The van der Waals surface area contributed by atoms with Gasteiger partial charge in [-0.05, 0) is 62.7 Å². The SMILES string of the molecule is Brc1ccc(C=C(c2ccccc2)c2ccc(C=CC=C(c3ccccc3)c3ccccc3)cc2)cc1. The summed E-state index contributed by atoms with van der Waals surface area (Å²) in [6.45, 7) is 0. The van der Waals surface area contributed by atoms with Crippen molar-refractivity contribution in [1.82, 2.24) is 0 Å². The van der Waals surface area contributed by atoms with E-state index in [0.29, 0.717) is 0 Å². The van der Waals surface area contributed by atoms with Crippen molar-refractivity contribution in [3.63, 3.8) is 0 Å². The minimum atomic E-state index is 1.08. The zero-order chi connectivity index (χ0) is 25.3. The van der Waals surface area contributed by atoms with E-state index in [1.54, 1.807) is 0 Å². The quantitative estimate of drug-likeness (QED) is 0.143. The Balaban J connectivity index is 1.44. The Labute approximate surface area is 228 Å². The maximum absolute atomic E-state index is 3.53. The van der Waals surface area contributed by atoms with Gasteiger partial charge in [0, 0.05) is 4.47 Å². The topological polar surface area (TPSA) is 0 Å². The predicted octanol–water partition coefficient (Wildman–Crippen LogP) is 10.2. The lowest BCUT2D eigenvalue weighted by atomic mass is 9.95. The van der Waals surface area contributed by atoms with Crippen molar-refractivity contribution in [2.45, 2.75) is 0 Å². The molecule has 0 saturated carbocycles. The van der Waals surface area contributed by atoms with Gasteiger partial charge in [-0.2, -0.15) is 0 Å². The van der Waals surface area contributed by atoms with E-state index in [4.69, 9.17) is 0 Å². The van der Waals surface area contributed by atoms with Crippen LogP contribution in [0.4, 0.5) is 0 Å². The normalized spacial score (nSPS) is 11.4. The molecule has 0 saturated heterocycles. The Morgan fingerprint density at radius 3 is 1.38 bits per heavy atom. The Hall–Kier alpha value is -4.20. The summed E-state index contributed by atoms with van der Waals surface area (Å²) < 4.78 is 1.08. The highest BCUT2D eigenvalue weighted by atomic mass is 79.9. The first-order chi connectivity index (χ1) is 18.3. The van der Waals surface area contributed by atoms with Gasteiger partial charge in [-0.3, -0.25) is 0 Å². The van der Waals surface area contributed by atoms with Crippen LogP contribution >= 0.6 is 15.9 Å². The van der Waals surface area contributed by atoms with Gasteiger partial charge in [-0.1, -0.05) is 162 Å². The van der Waals surface area contributed by atoms with Crippen LogP contribution in [0.25, 0.3) is 23.3 Å². The van der Waals surface area contributed by atoms with Crippen molar-refractivity contribution >= 4 is 39.2 Å². The molecule has 0 heterocycles. The van der Waals surface area contributed by atoms with E-state index < -0.39 is 0 Å². The van der Waals surface area contributed by atoms with Crippen molar-refractivity contribution in [2.75, 3.05) is 0 Å². The Kier molecular flexibility index (Phi) is 8.05. The smallest absolute Gasteiger partial charge is 0.0175 e. The Morgan fingerprint density at radius 2 is 0.865 bits per heavy atom. The molecule has 0 aliphatic carbocycles. The number of halogens is 1. The van der Waals surface area contributed by atoms with Gasteiger partial charge in [0.05, 0.1) is 0 Å². The van der Waals surface area contributed by atoms with Crippen LogP contribution in [0.2, 0.25) is 0 Å². The van der Waals surface area contributed by atoms with E-state index in [1.807, 2.05) is 0 Å². The average molecular weight is 540 g/mol. The highest BCUT2D eigenvalue weighted by molar-refractivity contribution is 9.10. The van der Waals surface area contributed by atoms with Crippen molar-refractivity contribution < 1.29 is 0 Å². The van der Waals surface area contributed by atoms with Gasteiger partial charge in [0.25, 0.3) is 0 Å². The molecule has 5 aromatic carbocycles. The van der Waals surface area contributed by atoms with Crippen LogP contribution in [-0.4, -0.2) is 0 Å². The number of rotatable bonds is 7. The number of allylic oxidation sites excluding steroid dienone is 2. The van der Waals surface area contributed by atoms with Crippen molar-refractivity contribution in [1.29, 1.82) is 0 Å². The average Bonchev–Trinajstić information content (AvgIpc) is 2.97. The first-order valence-electron chi connectivity index (χ1n) is 12.4. The number of hydrogen-bond acceptors (Lipinski definition) is 0. The zero-order valence-electron chi connectivity index (χ0n) is 20.5.